The lowest BCUT2D eigenvalue weighted by molar-refractivity contribution is -0.135. The molecular formula is C23H24N4O4. The first kappa shape index (κ1) is 20.7. The highest BCUT2D eigenvalue weighted by molar-refractivity contribution is 6.09. The molecule has 2 aromatic rings. The van der Waals surface area contributed by atoms with E-state index in [1.807, 2.05) is 30.3 Å². The van der Waals surface area contributed by atoms with E-state index in [2.05, 4.69) is 16.7 Å². The van der Waals surface area contributed by atoms with Gasteiger partial charge in [-0.15, -0.1) is 0 Å². The summed E-state index contributed by atoms with van der Waals surface area (Å²) in [6.45, 7) is 1.21. The number of imide groups is 1. The number of benzene rings is 2. The number of carbonyl (C=O) groups excluding carboxylic acids is 3. The van der Waals surface area contributed by atoms with Crippen LogP contribution in [0.1, 0.15) is 38.2 Å². The highest BCUT2D eigenvalue weighted by Gasteiger charge is 2.50. The summed E-state index contributed by atoms with van der Waals surface area (Å²) < 4.78 is 5.24. The number of nitrogens with zero attached hydrogens (tertiary/aromatic N) is 2. The number of rotatable bonds is 5. The maximum Gasteiger partial charge on any atom is 0.325 e. The first-order valence-corrected chi connectivity index (χ1v) is 10.2. The zero-order chi connectivity index (χ0) is 22.2. The zero-order valence-corrected chi connectivity index (χ0v) is 17.5. The molecule has 4 rings (SSSR count). The molecule has 2 aliphatic rings. The van der Waals surface area contributed by atoms with Crippen LogP contribution in [-0.2, 0) is 15.1 Å². The number of nitriles is 1. The van der Waals surface area contributed by atoms with Crippen LogP contribution in [0.3, 0.4) is 0 Å². The monoisotopic (exact) mass is 420 g/mol. The van der Waals surface area contributed by atoms with E-state index in [0.717, 1.165) is 34.3 Å². The summed E-state index contributed by atoms with van der Waals surface area (Å²) in [5.41, 5.74) is -1.57. The molecule has 4 amide bonds. The normalized spacial score (nSPS) is 22.3. The second-order valence-corrected chi connectivity index (χ2v) is 8.32. The minimum Gasteiger partial charge on any atom is -0.497 e. The predicted molar refractivity (Wildman–Crippen MR) is 113 cm³/mol. The highest BCUT2D eigenvalue weighted by Crippen LogP contribution is 2.32. The number of fused-ring (bicyclic) bond motifs is 1. The molecule has 0 radical (unpaired) electrons. The first-order chi connectivity index (χ1) is 14.8. The Labute approximate surface area is 180 Å². The number of methoxy groups -OCH3 is 1. The van der Waals surface area contributed by atoms with Gasteiger partial charge in [-0.1, -0.05) is 18.2 Å². The van der Waals surface area contributed by atoms with Gasteiger partial charge in [-0.05, 0) is 67.1 Å². The molecule has 160 valence electrons. The van der Waals surface area contributed by atoms with Crippen molar-refractivity contribution in [3.63, 3.8) is 0 Å². The van der Waals surface area contributed by atoms with Gasteiger partial charge in [0.15, 0.2) is 0 Å². The average molecular weight is 420 g/mol. The largest absolute Gasteiger partial charge is 0.497 e. The molecule has 1 aliphatic heterocycles. The molecule has 2 N–H and O–H groups in total. The minimum atomic E-state index is -1.29. The summed E-state index contributed by atoms with van der Waals surface area (Å²) in [5.74, 6) is -0.286. The van der Waals surface area contributed by atoms with E-state index < -0.39 is 35.5 Å². The fourth-order valence-corrected chi connectivity index (χ4v) is 4.39. The van der Waals surface area contributed by atoms with Crippen molar-refractivity contribution < 1.29 is 19.1 Å². The summed E-state index contributed by atoms with van der Waals surface area (Å²) >= 11 is 0. The lowest BCUT2D eigenvalue weighted by Gasteiger charge is -2.24. The van der Waals surface area contributed by atoms with Gasteiger partial charge in [0.25, 0.3) is 5.91 Å². The van der Waals surface area contributed by atoms with Crippen LogP contribution in [0, 0.1) is 11.3 Å². The predicted octanol–water partition coefficient (Wildman–Crippen LogP) is 2.57. The molecule has 8 nitrogen and oxygen atoms in total. The Kier molecular flexibility index (Phi) is 5.05. The van der Waals surface area contributed by atoms with Crippen LogP contribution >= 0.6 is 0 Å². The number of hydrogen-bond acceptors (Lipinski definition) is 5. The molecule has 1 saturated carbocycles. The Hall–Kier alpha value is -3.60. The quantitative estimate of drug-likeness (QED) is 0.722. The lowest BCUT2D eigenvalue weighted by Crippen LogP contribution is -2.50. The van der Waals surface area contributed by atoms with Crippen molar-refractivity contribution in [3.8, 4) is 11.8 Å². The van der Waals surface area contributed by atoms with E-state index in [-0.39, 0.29) is 0 Å². The van der Waals surface area contributed by atoms with Crippen molar-refractivity contribution in [2.24, 2.45) is 0 Å². The van der Waals surface area contributed by atoms with Crippen LogP contribution in [0.15, 0.2) is 36.4 Å². The number of carbonyl (C=O) groups is 3. The number of ether oxygens (including phenoxy) is 1. The molecule has 0 aromatic heterocycles. The molecule has 2 fully saturated rings. The van der Waals surface area contributed by atoms with Gasteiger partial charge in [0, 0.05) is 0 Å². The van der Waals surface area contributed by atoms with Gasteiger partial charge in [0.05, 0.1) is 13.2 Å². The topological polar surface area (TPSA) is 112 Å². The van der Waals surface area contributed by atoms with Crippen LogP contribution in [0.4, 0.5) is 4.79 Å². The third kappa shape index (κ3) is 3.56. The number of hydrogen-bond donors (Lipinski definition) is 2. The van der Waals surface area contributed by atoms with Crippen LogP contribution in [0.25, 0.3) is 10.8 Å². The van der Waals surface area contributed by atoms with Crippen LogP contribution < -0.4 is 15.4 Å². The first-order valence-electron chi connectivity index (χ1n) is 10.2. The number of amides is 4. The Morgan fingerprint density at radius 3 is 2.55 bits per heavy atom. The van der Waals surface area contributed by atoms with Crippen molar-refractivity contribution in [3.05, 3.63) is 42.0 Å². The Bertz CT molecular complexity index is 1120. The fourth-order valence-electron chi connectivity index (χ4n) is 4.39. The van der Waals surface area contributed by atoms with Gasteiger partial charge < -0.3 is 15.4 Å². The van der Waals surface area contributed by atoms with E-state index in [9.17, 15) is 19.6 Å². The van der Waals surface area contributed by atoms with Gasteiger partial charge in [-0.2, -0.15) is 5.26 Å². The third-order valence-corrected chi connectivity index (χ3v) is 6.25. The van der Waals surface area contributed by atoms with Gasteiger partial charge in [-0.3, -0.25) is 14.5 Å². The van der Waals surface area contributed by atoms with Gasteiger partial charge in [0.2, 0.25) is 5.91 Å². The molecule has 0 bridgehead atoms. The van der Waals surface area contributed by atoms with E-state index in [1.54, 1.807) is 20.1 Å². The Morgan fingerprint density at radius 1 is 1.19 bits per heavy atom. The van der Waals surface area contributed by atoms with Crippen molar-refractivity contribution in [1.29, 1.82) is 5.26 Å². The van der Waals surface area contributed by atoms with Gasteiger partial charge in [0.1, 0.15) is 23.4 Å². The summed E-state index contributed by atoms with van der Waals surface area (Å²) in [6.07, 6.45) is 2.88. The fraction of sp³-hybridized carbons (Fsp3) is 0.391. The Balaban J connectivity index is 1.55. The Morgan fingerprint density at radius 2 is 1.87 bits per heavy atom. The summed E-state index contributed by atoms with van der Waals surface area (Å²) in [6, 6.07) is 12.6. The molecule has 0 spiro atoms. The molecule has 1 saturated heterocycles. The standard InChI is InChI=1S/C23H24N4O4/c1-22(17-7-5-16-12-18(31-2)8-6-15(16)11-17)20(29)27(21(30)26-22)13-19(28)25-23(14-24)9-3-4-10-23/h5-8,11-12H,3-4,9-10,13H2,1-2H3,(H,25,28)(H,26,30)/t22-/m1/s1. The minimum absolute atomic E-state index is 0.422. The number of urea groups is 1. The smallest absolute Gasteiger partial charge is 0.325 e. The molecule has 0 unspecified atom stereocenters. The summed E-state index contributed by atoms with van der Waals surface area (Å²) in [4.78, 5) is 39.2. The van der Waals surface area contributed by atoms with Gasteiger partial charge >= 0.3 is 6.03 Å². The van der Waals surface area contributed by atoms with Crippen molar-refractivity contribution in [2.75, 3.05) is 13.7 Å². The molecule has 1 aliphatic carbocycles. The summed E-state index contributed by atoms with van der Waals surface area (Å²) in [5, 5.41) is 16.7. The molecule has 2 aromatic carbocycles. The molecule has 1 atom stereocenters. The van der Waals surface area contributed by atoms with E-state index >= 15 is 0 Å². The van der Waals surface area contributed by atoms with Crippen molar-refractivity contribution in [2.45, 2.75) is 43.7 Å². The van der Waals surface area contributed by atoms with Crippen LogP contribution in [-0.4, -0.2) is 41.9 Å². The third-order valence-electron chi connectivity index (χ3n) is 6.25. The van der Waals surface area contributed by atoms with Crippen molar-refractivity contribution >= 4 is 28.6 Å². The second kappa shape index (κ2) is 7.58. The highest BCUT2D eigenvalue weighted by atomic mass is 16.5. The molecule has 8 heteroatoms. The molecule has 31 heavy (non-hydrogen) atoms. The zero-order valence-electron chi connectivity index (χ0n) is 17.5. The molecule has 1 heterocycles. The van der Waals surface area contributed by atoms with E-state index in [4.69, 9.17) is 4.74 Å². The maximum atomic E-state index is 13.2. The summed E-state index contributed by atoms with van der Waals surface area (Å²) in [7, 11) is 1.60. The maximum absolute atomic E-state index is 13.2. The molecular weight excluding hydrogens is 396 g/mol. The van der Waals surface area contributed by atoms with E-state index in [1.165, 1.54) is 0 Å². The van der Waals surface area contributed by atoms with E-state index in [0.29, 0.717) is 18.4 Å². The number of nitrogens with one attached hydrogen (secondary N) is 2. The van der Waals surface area contributed by atoms with Gasteiger partial charge in [-0.25, -0.2) is 4.79 Å². The SMILES string of the molecule is COc1ccc2cc([C@@]3(C)NC(=O)N(CC(=O)NC4(C#N)CCCC4)C3=O)ccc2c1. The lowest BCUT2D eigenvalue weighted by atomic mass is 9.90. The van der Waals surface area contributed by atoms with Crippen molar-refractivity contribution in [1.82, 2.24) is 15.5 Å². The van der Waals surface area contributed by atoms with Crippen LogP contribution in [0.5, 0.6) is 5.75 Å². The van der Waals surface area contributed by atoms with Crippen LogP contribution in [0.2, 0.25) is 0 Å². The second-order valence-electron chi connectivity index (χ2n) is 8.32. The average Bonchev–Trinajstić information content (AvgIpc) is 3.32.